The largest absolute Gasteiger partial charge is 0.310 e. The zero-order valence-corrected chi connectivity index (χ0v) is 16.2. The predicted molar refractivity (Wildman–Crippen MR) is 109 cm³/mol. The van der Waals surface area contributed by atoms with Crippen LogP contribution in [-0.4, -0.2) is 24.4 Å². The Morgan fingerprint density at radius 1 is 1.04 bits per heavy atom. The molecule has 0 N–H and O–H groups in total. The van der Waals surface area contributed by atoms with Crippen molar-refractivity contribution < 1.29 is 0 Å². The number of pyridine rings is 1. The van der Waals surface area contributed by atoms with E-state index in [1.165, 1.54) is 19.3 Å². The zero-order valence-electron chi connectivity index (χ0n) is 16.2. The Bertz CT molecular complexity index is 1220. The molecule has 1 saturated carbocycles. The van der Waals surface area contributed by atoms with E-state index in [9.17, 15) is 4.79 Å². The van der Waals surface area contributed by atoms with Gasteiger partial charge >= 0.3 is 0 Å². The highest BCUT2D eigenvalue weighted by atomic mass is 16.1. The number of nitrogens with zero attached hydrogens (tertiary/aromatic N) is 5. The second-order valence-electron chi connectivity index (χ2n) is 7.85. The first-order valence-electron chi connectivity index (χ1n) is 9.97. The van der Waals surface area contributed by atoms with Crippen LogP contribution in [0.3, 0.4) is 0 Å². The van der Waals surface area contributed by atoms with E-state index in [0.717, 1.165) is 23.2 Å². The molecule has 0 saturated heterocycles. The molecule has 0 bridgehead atoms. The minimum Gasteiger partial charge on any atom is -0.310 e. The lowest BCUT2D eigenvalue weighted by molar-refractivity contribution is 0.253. The van der Waals surface area contributed by atoms with Crippen LogP contribution in [0.15, 0.2) is 47.4 Å². The average Bonchev–Trinajstić information content (AvgIpc) is 3.06. The number of benzene rings is 1. The SMILES string of the molecule is Cc1nn2c(nnc3c(=O)n(C4CCCCC4C)ccc32)c1-c1ccccc1. The van der Waals surface area contributed by atoms with Crippen molar-refractivity contribution in [3.8, 4) is 11.1 Å². The first-order chi connectivity index (χ1) is 13.6. The third-order valence-electron chi connectivity index (χ3n) is 6.07. The lowest BCUT2D eigenvalue weighted by atomic mass is 9.85. The molecule has 0 aliphatic heterocycles. The van der Waals surface area contributed by atoms with Crippen molar-refractivity contribution in [3.05, 3.63) is 58.6 Å². The van der Waals surface area contributed by atoms with Crippen LogP contribution in [0.25, 0.3) is 27.8 Å². The molecule has 3 heterocycles. The van der Waals surface area contributed by atoms with E-state index in [0.29, 0.717) is 22.6 Å². The molecule has 0 amide bonds. The summed E-state index contributed by atoms with van der Waals surface area (Å²) in [5.41, 5.74) is 4.58. The number of fused-ring (bicyclic) bond motifs is 3. The van der Waals surface area contributed by atoms with Gasteiger partial charge in [-0.2, -0.15) is 5.10 Å². The quantitative estimate of drug-likeness (QED) is 0.529. The zero-order chi connectivity index (χ0) is 19.3. The van der Waals surface area contributed by atoms with Gasteiger partial charge in [-0.15, -0.1) is 10.2 Å². The number of hydrogen-bond donors (Lipinski definition) is 0. The van der Waals surface area contributed by atoms with Crippen molar-refractivity contribution in [2.75, 3.05) is 0 Å². The van der Waals surface area contributed by atoms with E-state index >= 15 is 0 Å². The second kappa shape index (κ2) is 6.55. The Hall–Kier alpha value is -3.02. The molecule has 142 valence electrons. The summed E-state index contributed by atoms with van der Waals surface area (Å²) < 4.78 is 3.62. The molecule has 4 aromatic rings. The minimum absolute atomic E-state index is 0.0694. The van der Waals surface area contributed by atoms with Gasteiger partial charge in [0.05, 0.1) is 11.3 Å². The fourth-order valence-corrected chi connectivity index (χ4v) is 4.58. The summed E-state index contributed by atoms with van der Waals surface area (Å²) >= 11 is 0. The Morgan fingerprint density at radius 2 is 1.82 bits per heavy atom. The fourth-order valence-electron chi connectivity index (χ4n) is 4.58. The Balaban J connectivity index is 1.72. The van der Waals surface area contributed by atoms with Gasteiger partial charge in [-0.1, -0.05) is 50.1 Å². The van der Waals surface area contributed by atoms with Crippen LogP contribution in [0.5, 0.6) is 0 Å². The van der Waals surface area contributed by atoms with E-state index < -0.39 is 0 Å². The van der Waals surface area contributed by atoms with Gasteiger partial charge in [-0.05, 0) is 37.3 Å². The van der Waals surface area contributed by atoms with Gasteiger partial charge in [0.25, 0.3) is 5.56 Å². The summed E-state index contributed by atoms with van der Waals surface area (Å²) in [6.45, 7) is 4.20. The summed E-state index contributed by atoms with van der Waals surface area (Å²) in [4.78, 5) is 13.2. The maximum Gasteiger partial charge on any atom is 0.280 e. The van der Waals surface area contributed by atoms with Gasteiger partial charge in [0.1, 0.15) is 5.52 Å². The minimum atomic E-state index is -0.0694. The maximum absolute atomic E-state index is 13.2. The molecule has 1 aromatic carbocycles. The van der Waals surface area contributed by atoms with E-state index in [-0.39, 0.29) is 11.6 Å². The van der Waals surface area contributed by atoms with Crippen LogP contribution < -0.4 is 5.56 Å². The van der Waals surface area contributed by atoms with E-state index in [2.05, 4.69) is 22.2 Å². The molecule has 28 heavy (non-hydrogen) atoms. The normalized spacial score (nSPS) is 20.1. The van der Waals surface area contributed by atoms with E-state index in [1.54, 1.807) is 4.52 Å². The smallest absolute Gasteiger partial charge is 0.280 e. The van der Waals surface area contributed by atoms with Gasteiger partial charge in [0.2, 0.25) is 0 Å². The third-order valence-corrected chi connectivity index (χ3v) is 6.07. The van der Waals surface area contributed by atoms with Gasteiger partial charge in [0.15, 0.2) is 11.2 Å². The van der Waals surface area contributed by atoms with Gasteiger partial charge < -0.3 is 4.57 Å². The molecular formula is C22H23N5O. The van der Waals surface area contributed by atoms with Crippen LogP contribution in [-0.2, 0) is 0 Å². The molecule has 2 unspecified atom stereocenters. The highest BCUT2D eigenvalue weighted by Gasteiger charge is 2.25. The Labute approximate surface area is 162 Å². The molecule has 2 atom stereocenters. The number of hydrogen-bond acceptors (Lipinski definition) is 4. The topological polar surface area (TPSA) is 65.1 Å². The molecule has 1 aliphatic carbocycles. The van der Waals surface area contributed by atoms with Crippen LogP contribution >= 0.6 is 0 Å². The lowest BCUT2D eigenvalue weighted by Crippen LogP contribution is -2.31. The summed E-state index contributed by atoms with van der Waals surface area (Å²) in [5.74, 6) is 0.497. The maximum atomic E-state index is 13.2. The van der Waals surface area contributed by atoms with Crippen LogP contribution in [0.1, 0.15) is 44.3 Å². The predicted octanol–water partition coefficient (Wildman–Crippen LogP) is 4.17. The summed E-state index contributed by atoms with van der Waals surface area (Å²) in [6, 6.07) is 12.3. The lowest BCUT2D eigenvalue weighted by Gasteiger charge is -2.30. The number of aromatic nitrogens is 5. The van der Waals surface area contributed by atoms with Crippen molar-refractivity contribution in [1.29, 1.82) is 0 Å². The Kier molecular flexibility index (Phi) is 4.00. The first-order valence-corrected chi connectivity index (χ1v) is 9.97. The number of rotatable bonds is 2. The van der Waals surface area contributed by atoms with Gasteiger partial charge in [-0.3, -0.25) is 4.79 Å². The van der Waals surface area contributed by atoms with Crippen LogP contribution in [0, 0.1) is 12.8 Å². The summed E-state index contributed by atoms with van der Waals surface area (Å²) in [6.07, 6.45) is 6.54. The van der Waals surface area contributed by atoms with Crippen molar-refractivity contribution in [2.24, 2.45) is 5.92 Å². The number of aryl methyl sites for hydroxylation is 1. The Morgan fingerprint density at radius 3 is 2.61 bits per heavy atom. The molecule has 1 aliphatic rings. The standard InChI is InChI=1S/C22H23N5O/c1-14-8-6-7-11-17(14)26-13-12-18-20(22(26)28)23-24-21-19(15(2)25-27(18)21)16-9-4-3-5-10-16/h3-5,9-10,12-14,17H,6-8,11H2,1-2H3. The van der Waals surface area contributed by atoms with Crippen LogP contribution in [0.2, 0.25) is 0 Å². The van der Waals surface area contributed by atoms with E-state index in [1.807, 2.05) is 54.1 Å². The summed E-state index contributed by atoms with van der Waals surface area (Å²) in [5, 5.41) is 13.4. The fraction of sp³-hybridized carbons (Fsp3) is 0.364. The van der Waals surface area contributed by atoms with Gasteiger partial charge in [-0.25, -0.2) is 4.52 Å². The second-order valence-corrected chi connectivity index (χ2v) is 7.85. The molecular weight excluding hydrogens is 350 g/mol. The van der Waals surface area contributed by atoms with Gasteiger partial charge in [0, 0.05) is 12.2 Å². The van der Waals surface area contributed by atoms with E-state index in [4.69, 9.17) is 0 Å². The average molecular weight is 373 g/mol. The van der Waals surface area contributed by atoms with Crippen molar-refractivity contribution in [1.82, 2.24) is 24.4 Å². The van der Waals surface area contributed by atoms with Crippen molar-refractivity contribution >= 4 is 16.7 Å². The molecule has 6 heteroatoms. The molecule has 1 fully saturated rings. The van der Waals surface area contributed by atoms with Crippen molar-refractivity contribution in [2.45, 2.75) is 45.6 Å². The highest BCUT2D eigenvalue weighted by molar-refractivity contribution is 5.84. The van der Waals surface area contributed by atoms with Crippen molar-refractivity contribution in [3.63, 3.8) is 0 Å². The molecule has 5 rings (SSSR count). The third kappa shape index (κ3) is 2.55. The summed E-state index contributed by atoms with van der Waals surface area (Å²) in [7, 11) is 0. The van der Waals surface area contributed by atoms with Crippen LogP contribution in [0.4, 0.5) is 0 Å². The molecule has 6 nitrogen and oxygen atoms in total. The highest BCUT2D eigenvalue weighted by Crippen LogP contribution is 2.33. The molecule has 0 spiro atoms. The molecule has 3 aromatic heterocycles. The molecule has 0 radical (unpaired) electrons. The first kappa shape index (κ1) is 17.1. The monoisotopic (exact) mass is 373 g/mol.